The van der Waals surface area contributed by atoms with Crippen molar-refractivity contribution in [2.75, 3.05) is 48.9 Å². The first-order valence-electron chi connectivity index (χ1n) is 13.3. The molecular formula is C25H30N8O6S2. The van der Waals surface area contributed by atoms with Gasteiger partial charge in [0, 0.05) is 50.3 Å². The van der Waals surface area contributed by atoms with Crippen LogP contribution < -0.4 is 10.6 Å². The monoisotopic (exact) mass is 602 g/mol. The Morgan fingerprint density at radius 1 is 1.10 bits per heavy atom. The molecule has 6 rings (SSSR count). The lowest BCUT2D eigenvalue weighted by molar-refractivity contribution is 0.0535. The minimum absolute atomic E-state index is 0.0280. The lowest BCUT2D eigenvalue weighted by Crippen LogP contribution is -2.52. The number of likely N-dealkylation sites (tertiary alicyclic amines) is 1. The first-order valence-corrected chi connectivity index (χ1v) is 16.8. The molecule has 3 aliphatic rings. The van der Waals surface area contributed by atoms with Crippen LogP contribution in [0.5, 0.6) is 0 Å². The van der Waals surface area contributed by atoms with Gasteiger partial charge >= 0.3 is 0 Å². The number of rotatable bonds is 10. The number of hydrogen-bond acceptors (Lipinski definition) is 12. The molecule has 1 aliphatic carbocycles. The van der Waals surface area contributed by atoms with Crippen LogP contribution in [-0.4, -0.2) is 101 Å². The van der Waals surface area contributed by atoms with E-state index in [0.29, 0.717) is 73.4 Å². The summed E-state index contributed by atoms with van der Waals surface area (Å²) in [6.07, 6.45) is 9.12. The molecule has 1 unspecified atom stereocenters. The number of nitrogens with one attached hydrogen (secondary N) is 2. The molecule has 0 radical (unpaired) electrons. The predicted octanol–water partition coefficient (Wildman–Crippen LogP) is 1.14. The fourth-order valence-corrected chi connectivity index (χ4v) is 7.44. The zero-order chi connectivity index (χ0) is 28.8. The molecular weight excluding hydrogens is 572 g/mol. The second kappa shape index (κ2) is 10.6. The molecule has 3 aromatic heterocycles. The van der Waals surface area contributed by atoms with E-state index >= 15 is 0 Å². The van der Waals surface area contributed by atoms with E-state index in [-0.39, 0.29) is 23.6 Å². The number of ether oxygens (including phenoxy) is 1. The molecule has 0 aromatic carbocycles. The van der Waals surface area contributed by atoms with Crippen LogP contribution in [0.2, 0.25) is 0 Å². The molecule has 14 nitrogen and oxygen atoms in total. The molecule has 0 spiro atoms. The van der Waals surface area contributed by atoms with Gasteiger partial charge in [0.15, 0.2) is 5.82 Å². The zero-order valence-corrected chi connectivity index (χ0v) is 23.9. The van der Waals surface area contributed by atoms with Gasteiger partial charge in [-0.25, -0.2) is 31.8 Å². The fraction of sp³-hybridized carbons (Fsp3) is 0.480. The lowest BCUT2D eigenvalue weighted by atomic mass is 10.0. The van der Waals surface area contributed by atoms with Gasteiger partial charge in [-0.15, -0.1) is 0 Å². The number of sulfone groups is 1. The molecule has 2 saturated heterocycles. The van der Waals surface area contributed by atoms with E-state index in [1.165, 1.54) is 24.8 Å². The summed E-state index contributed by atoms with van der Waals surface area (Å²) in [6, 6.07) is 3.40. The van der Waals surface area contributed by atoms with E-state index in [2.05, 4.69) is 30.7 Å². The van der Waals surface area contributed by atoms with Crippen LogP contribution in [0.1, 0.15) is 29.6 Å². The van der Waals surface area contributed by atoms with Crippen LogP contribution in [0.3, 0.4) is 0 Å². The summed E-state index contributed by atoms with van der Waals surface area (Å²) in [4.78, 5) is 28.1. The van der Waals surface area contributed by atoms with Gasteiger partial charge in [-0.3, -0.25) is 4.79 Å². The first kappa shape index (κ1) is 27.5. The van der Waals surface area contributed by atoms with Crippen LogP contribution in [0.4, 0.5) is 17.3 Å². The quantitative estimate of drug-likeness (QED) is 0.339. The van der Waals surface area contributed by atoms with E-state index in [1.54, 1.807) is 23.2 Å². The summed E-state index contributed by atoms with van der Waals surface area (Å²) in [5.74, 6) is 0.898. The second-order valence-corrected chi connectivity index (χ2v) is 15.0. The number of carbonyl (C=O) groups excluding carboxylic acids is 1. The van der Waals surface area contributed by atoms with Crippen LogP contribution in [0, 0.1) is 5.92 Å². The van der Waals surface area contributed by atoms with Gasteiger partial charge in [0.25, 0.3) is 15.9 Å². The number of amides is 1. The average molecular weight is 603 g/mol. The minimum Gasteiger partial charge on any atom is -0.379 e. The van der Waals surface area contributed by atoms with Gasteiger partial charge in [-0.1, -0.05) is 0 Å². The highest BCUT2D eigenvalue weighted by Crippen LogP contribution is 2.31. The molecule has 1 saturated carbocycles. The topological polar surface area (TPSA) is 178 Å². The highest BCUT2D eigenvalue weighted by Gasteiger charge is 2.38. The normalized spacial score (nSPS) is 19.6. The second-order valence-electron chi connectivity index (χ2n) is 10.7. The lowest BCUT2D eigenvalue weighted by Gasteiger charge is -2.39. The summed E-state index contributed by atoms with van der Waals surface area (Å²) in [5, 5.41) is 10.1. The number of nitrogens with zero attached hydrogens (tertiary/aromatic N) is 6. The van der Waals surface area contributed by atoms with Crippen molar-refractivity contribution in [3.8, 4) is 11.4 Å². The fourth-order valence-electron chi connectivity index (χ4n) is 4.90. The molecule has 3 aromatic rings. The van der Waals surface area contributed by atoms with Crippen molar-refractivity contribution in [2.24, 2.45) is 5.92 Å². The molecule has 3 fully saturated rings. The summed E-state index contributed by atoms with van der Waals surface area (Å²) in [7, 11) is -6.61. The number of carbonyl (C=O) groups is 1. The smallest absolute Gasteiger partial charge is 0.257 e. The molecule has 1 amide bonds. The van der Waals surface area contributed by atoms with Crippen molar-refractivity contribution in [3.05, 3.63) is 42.5 Å². The van der Waals surface area contributed by atoms with E-state index < -0.39 is 25.1 Å². The van der Waals surface area contributed by atoms with Gasteiger partial charge in [-0.05, 0) is 25.3 Å². The Bertz CT molecular complexity index is 1680. The van der Waals surface area contributed by atoms with Gasteiger partial charge in [0.1, 0.15) is 21.5 Å². The molecule has 0 bridgehead atoms. The highest BCUT2D eigenvalue weighted by molar-refractivity contribution is 7.90. The van der Waals surface area contributed by atoms with Crippen LogP contribution in [-0.2, 0) is 24.6 Å². The zero-order valence-electron chi connectivity index (χ0n) is 22.3. The molecule has 1 atom stereocenters. The van der Waals surface area contributed by atoms with E-state index in [0.717, 1.165) is 10.5 Å². The molecule has 16 heteroatoms. The van der Waals surface area contributed by atoms with Crippen molar-refractivity contribution in [1.29, 1.82) is 0 Å². The molecule has 41 heavy (non-hydrogen) atoms. The van der Waals surface area contributed by atoms with Crippen molar-refractivity contribution >= 4 is 43.1 Å². The molecule has 2 aliphatic heterocycles. The van der Waals surface area contributed by atoms with Crippen LogP contribution >= 0.6 is 0 Å². The number of pyridine rings is 1. The predicted molar refractivity (Wildman–Crippen MR) is 150 cm³/mol. The van der Waals surface area contributed by atoms with Crippen LogP contribution in [0.15, 0.2) is 36.9 Å². The standard InChI is InChI=1S/C25H30N8O6S2/c1-40(35,36)15-16-11-32(12-16)25(34)20-10-27-23(8-21(20)29-18-5-7-39-14-18)30-22-4-6-26-24(31-22)17-9-28-33(13-17)41(37,38)19-2-3-19/h4,6,8-10,13,16,18-19H,2-3,5,7,11-12,14-15H2,1H3,(H2,26,27,29,30,31). The summed E-state index contributed by atoms with van der Waals surface area (Å²) < 4.78 is 54.6. The van der Waals surface area contributed by atoms with Gasteiger partial charge in [0.05, 0.1) is 52.9 Å². The minimum atomic E-state index is -3.50. The van der Waals surface area contributed by atoms with E-state index in [9.17, 15) is 21.6 Å². The third kappa shape index (κ3) is 6.18. The Kier molecular flexibility index (Phi) is 7.15. The maximum atomic E-state index is 13.3. The molecule has 2 N–H and O–H groups in total. The van der Waals surface area contributed by atoms with E-state index in [1.807, 2.05) is 0 Å². The van der Waals surface area contributed by atoms with Crippen molar-refractivity contribution in [2.45, 2.75) is 30.6 Å². The summed E-state index contributed by atoms with van der Waals surface area (Å²) >= 11 is 0. The average Bonchev–Trinajstić information content (AvgIpc) is 3.42. The Labute approximate surface area is 237 Å². The third-order valence-electron chi connectivity index (χ3n) is 7.14. The van der Waals surface area contributed by atoms with Crippen molar-refractivity contribution in [1.82, 2.24) is 29.0 Å². The molecule has 218 valence electrons. The van der Waals surface area contributed by atoms with Gasteiger partial charge in [-0.2, -0.15) is 9.19 Å². The largest absolute Gasteiger partial charge is 0.379 e. The number of hydrogen-bond donors (Lipinski definition) is 2. The van der Waals surface area contributed by atoms with Gasteiger partial charge in [0.2, 0.25) is 0 Å². The third-order valence-corrected chi connectivity index (χ3v) is 10.3. The first-order chi connectivity index (χ1) is 19.5. The summed E-state index contributed by atoms with van der Waals surface area (Å²) in [5.41, 5.74) is 1.42. The Morgan fingerprint density at radius 2 is 1.90 bits per heavy atom. The van der Waals surface area contributed by atoms with E-state index in [4.69, 9.17) is 4.74 Å². The van der Waals surface area contributed by atoms with Crippen molar-refractivity contribution in [3.63, 3.8) is 0 Å². The van der Waals surface area contributed by atoms with Crippen molar-refractivity contribution < 1.29 is 26.4 Å². The Balaban J connectivity index is 1.20. The van der Waals surface area contributed by atoms with Gasteiger partial charge < -0.3 is 20.3 Å². The number of aromatic nitrogens is 5. The maximum absolute atomic E-state index is 13.3. The Hall–Kier alpha value is -3.63. The Morgan fingerprint density at radius 3 is 2.61 bits per heavy atom. The SMILES string of the molecule is CS(=O)(=O)CC1CN(C(=O)c2cnc(Nc3ccnc(-c4cnn(S(=O)(=O)C5CC5)c4)n3)cc2NC2CCOC2)C1. The van der Waals surface area contributed by atoms with Crippen LogP contribution in [0.25, 0.3) is 11.4 Å². The summed E-state index contributed by atoms with van der Waals surface area (Å²) in [6.45, 7) is 1.89. The maximum Gasteiger partial charge on any atom is 0.257 e. The molecule has 5 heterocycles. The number of anilines is 3. The highest BCUT2D eigenvalue weighted by atomic mass is 32.2.